The molecule has 29 heavy (non-hydrogen) atoms. The maximum atomic E-state index is 12.4. The predicted molar refractivity (Wildman–Crippen MR) is 112 cm³/mol. The summed E-state index contributed by atoms with van der Waals surface area (Å²) >= 11 is 0. The zero-order valence-corrected chi connectivity index (χ0v) is 17.3. The maximum Gasteiger partial charge on any atom is 0.410 e. The lowest BCUT2D eigenvalue weighted by Gasteiger charge is -2.28. The Labute approximate surface area is 172 Å². The highest BCUT2D eigenvalue weighted by Gasteiger charge is 2.36. The summed E-state index contributed by atoms with van der Waals surface area (Å²) in [5.41, 5.74) is 6.65. The molecule has 0 unspecified atom stereocenters. The number of hydrogen-bond acceptors (Lipinski definition) is 5. The van der Waals surface area contributed by atoms with Crippen LogP contribution >= 0.6 is 0 Å². The van der Waals surface area contributed by atoms with Crippen molar-refractivity contribution in [3.63, 3.8) is 0 Å². The van der Waals surface area contributed by atoms with Gasteiger partial charge in [0.25, 0.3) is 0 Å². The number of hydrogen-bond donors (Lipinski definition) is 1. The fourth-order valence-corrected chi connectivity index (χ4v) is 3.22. The molecule has 3 rings (SSSR count). The van der Waals surface area contributed by atoms with Gasteiger partial charge in [-0.05, 0) is 57.0 Å². The van der Waals surface area contributed by atoms with E-state index in [1.807, 2.05) is 75.4 Å². The van der Waals surface area contributed by atoms with E-state index in [0.717, 1.165) is 17.1 Å². The van der Waals surface area contributed by atoms with Crippen LogP contribution in [0.4, 0.5) is 4.79 Å². The molecule has 0 saturated carbocycles. The van der Waals surface area contributed by atoms with E-state index in [-0.39, 0.29) is 18.2 Å². The van der Waals surface area contributed by atoms with Gasteiger partial charge >= 0.3 is 6.09 Å². The first kappa shape index (κ1) is 21.0. The van der Waals surface area contributed by atoms with Gasteiger partial charge in [-0.1, -0.05) is 30.3 Å². The Morgan fingerprint density at radius 3 is 2.28 bits per heavy atom. The largest absolute Gasteiger partial charge is 0.491 e. The van der Waals surface area contributed by atoms with E-state index in [1.54, 1.807) is 4.90 Å². The smallest absolute Gasteiger partial charge is 0.410 e. The molecule has 2 aromatic carbocycles. The van der Waals surface area contributed by atoms with E-state index < -0.39 is 5.60 Å². The summed E-state index contributed by atoms with van der Waals surface area (Å²) in [7, 11) is 0. The zero-order valence-electron chi connectivity index (χ0n) is 17.3. The van der Waals surface area contributed by atoms with E-state index in [0.29, 0.717) is 26.2 Å². The van der Waals surface area contributed by atoms with Crippen molar-refractivity contribution >= 4 is 6.09 Å². The van der Waals surface area contributed by atoms with Crippen LogP contribution in [0.5, 0.6) is 11.5 Å². The van der Waals surface area contributed by atoms with Crippen LogP contribution in [0.1, 0.15) is 32.8 Å². The quantitative estimate of drug-likeness (QED) is 0.797. The molecule has 0 spiro atoms. The summed E-state index contributed by atoms with van der Waals surface area (Å²) in [6.07, 6.45) is 0.348. The standard InChI is InChI=1S/C23H30N2O4/c1-23(2,3)29-22(26)25-14-18(24)13-19(25)16-28-21-11-9-20(10-12-21)27-15-17-7-5-4-6-8-17/h4-12,18-19H,13-16,24H2,1-3H3/t18-,19-/m0/s1. The second-order valence-corrected chi connectivity index (χ2v) is 8.34. The molecule has 6 nitrogen and oxygen atoms in total. The van der Waals surface area contributed by atoms with Gasteiger partial charge in [0.2, 0.25) is 0 Å². The van der Waals surface area contributed by atoms with E-state index in [2.05, 4.69) is 0 Å². The number of amides is 1. The van der Waals surface area contributed by atoms with E-state index in [4.69, 9.17) is 19.9 Å². The number of carbonyl (C=O) groups excluding carboxylic acids is 1. The Morgan fingerprint density at radius 1 is 1.03 bits per heavy atom. The minimum atomic E-state index is -0.537. The molecule has 6 heteroatoms. The Hall–Kier alpha value is -2.73. The van der Waals surface area contributed by atoms with Crippen LogP contribution in [0.3, 0.4) is 0 Å². The first-order valence-electron chi connectivity index (χ1n) is 9.95. The van der Waals surface area contributed by atoms with Gasteiger partial charge in [0.1, 0.15) is 30.3 Å². The average molecular weight is 399 g/mol. The molecule has 0 radical (unpaired) electrons. The summed E-state index contributed by atoms with van der Waals surface area (Å²) < 4.78 is 17.2. The van der Waals surface area contributed by atoms with Crippen LogP contribution in [0.15, 0.2) is 54.6 Å². The van der Waals surface area contributed by atoms with Gasteiger partial charge in [-0.15, -0.1) is 0 Å². The van der Waals surface area contributed by atoms with Crippen molar-refractivity contribution in [2.75, 3.05) is 13.2 Å². The first-order chi connectivity index (χ1) is 13.8. The summed E-state index contributed by atoms with van der Waals surface area (Å²) in [6.45, 7) is 6.94. The summed E-state index contributed by atoms with van der Waals surface area (Å²) in [6, 6.07) is 17.3. The summed E-state index contributed by atoms with van der Waals surface area (Å²) in [4.78, 5) is 14.1. The number of rotatable bonds is 6. The first-order valence-corrected chi connectivity index (χ1v) is 9.95. The maximum absolute atomic E-state index is 12.4. The molecule has 1 fully saturated rings. The molecule has 1 heterocycles. The van der Waals surface area contributed by atoms with Gasteiger partial charge in [0.05, 0.1) is 6.04 Å². The topological polar surface area (TPSA) is 74.0 Å². The van der Waals surface area contributed by atoms with E-state index in [9.17, 15) is 4.79 Å². The lowest BCUT2D eigenvalue weighted by atomic mass is 10.2. The fraction of sp³-hybridized carbons (Fsp3) is 0.435. The molecule has 0 aromatic heterocycles. The minimum Gasteiger partial charge on any atom is -0.491 e. The molecule has 2 N–H and O–H groups in total. The van der Waals surface area contributed by atoms with Crippen LogP contribution in [0.2, 0.25) is 0 Å². The fourth-order valence-electron chi connectivity index (χ4n) is 3.22. The van der Waals surface area contributed by atoms with Gasteiger partial charge < -0.3 is 24.8 Å². The van der Waals surface area contributed by atoms with Crippen molar-refractivity contribution < 1.29 is 19.0 Å². The Bertz CT molecular complexity index is 787. The van der Waals surface area contributed by atoms with Gasteiger partial charge in [-0.25, -0.2) is 4.79 Å². The van der Waals surface area contributed by atoms with E-state index in [1.165, 1.54) is 0 Å². The minimum absolute atomic E-state index is 0.0649. The number of likely N-dealkylation sites (tertiary alicyclic amines) is 1. The molecular weight excluding hydrogens is 368 g/mol. The molecule has 0 aliphatic carbocycles. The monoisotopic (exact) mass is 398 g/mol. The van der Waals surface area contributed by atoms with Crippen molar-refractivity contribution in [2.45, 2.75) is 51.5 Å². The van der Waals surface area contributed by atoms with Crippen molar-refractivity contribution in [3.05, 3.63) is 60.2 Å². The lowest BCUT2D eigenvalue weighted by molar-refractivity contribution is 0.0186. The highest BCUT2D eigenvalue weighted by atomic mass is 16.6. The van der Waals surface area contributed by atoms with Crippen LogP contribution in [0.25, 0.3) is 0 Å². The molecule has 1 amide bonds. The van der Waals surface area contributed by atoms with Crippen LogP contribution < -0.4 is 15.2 Å². The Kier molecular flexibility index (Phi) is 6.64. The second kappa shape index (κ2) is 9.18. The summed E-state index contributed by atoms with van der Waals surface area (Å²) in [5, 5.41) is 0. The SMILES string of the molecule is CC(C)(C)OC(=O)N1C[C@@H](N)C[C@H]1COc1ccc(OCc2ccccc2)cc1. The van der Waals surface area contributed by atoms with Gasteiger partial charge in [-0.3, -0.25) is 0 Å². The lowest BCUT2D eigenvalue weighted by Crippen LogP contribution is -2.42. The molecule has 2 aromatic rings. The average Bonchev–Trinajstić information content (AvgIpc) is 3.06. The van der Waals surface area contributed by atoms with Crippen molar-refractivity contribution in [1.29, 1.82) is 0 Å². The highest BCUT2D eigenvalue weighted by Crippen LogP contribution is 2.23. The number of ether oxygens (including phenoxy) is 3. The molecule has 1 aliphatic heterocycles. The molecule has 1 saturated heterocycles. The highest BCUT2D eigenvalue weighted by molar-refractivity contribution is 5.69. The third-order valence-corrected chi connectivity index (χ3v) is 4.59. The third-order valence-electron chi connectivity index (χ3n) is 4.59. The van der Waals surface area contributed by atoms with Crippen molar-refractivity contribution in [2.24, 2.45) is 5.73 Å². The number of nitrogens with two attached hydrogens (primary N) is 1. The molecule has 0 bridgehead atoms. The third kappa shape index (κ3) is 6.39. The summed E-state index contributed by atoms with van der Waals surface area (Å²) in [5.74, 6) is 1.50. The van der Waals surface area contributed by atoms with Crippen LogP contribution in [-0.4, -0.2) is 41.8 Å². The zero-order chi connectivity index (χ0) is 20.9. The van der Waals surface area contributed by atoms with Crippen molar-refractivity contribution in [1.82, 2.24) is 4.90 Å². The van der Waals surface area contributed by atoms with Gasteiger partial charge in [-0.2, -0.15) is 0 Å². The normalized spacial score (nSPS) is 19.1. The molecule has 1 aliphatic rings. The van der Waals surface area contributed by atoms with Crippen molar-refractivity contribution in [3.8, 4) is 11.5 Å². The molecular formula is C23H30N2O4. The molecule has 156 valence electrons. The molecule has 2 atom stereocenters. The van der Waals surface area contributed by atoms with E-state index >= 15 is 0 Å². The number of carbonyl (C=O) groups is 1. The number of nitrogens with zero attached hydrogens (tertiary/aromatic N) is 1. The Morgan fingerprint density at radius 2 is 1.66 bits per heavy atom. The second-order valence-electron chi connectivity index (χ2n) is 8.34. The van der Waals surface area contributed by atoms with Crippen LogP contribution in [-0.2, 0) is 11.3 Å². The number of benzene rings is 2. The van der Waals surface area contributed by atoms with Crippen LogP contribution in [0, 0.1) is 0 Å². The Balaban J connectivity index is 1.51. The van der Waals surface area contributed by atoms with Gasteiger partial charge in [0, 0.05) is 12.6 Å². The predicted octanol–water partition coefficient (Wildman–Crippen LogP) is 3.98. The van der Waals surface area contributed by atoms with Gasteiger partial charge in [0.15, 0.2) is 0 Å².